The highest BCUT2D eigenvalue weighted by Gasteiger charge is 2.21. The van der Waals surface area contributed by atoms with Gasteiger partial charge in [-0.3, -0.25) is 4.79 Å². The summed E-state index contributed by atoms with van der Waals surface area (Å²) < 4.78 is 40.3. The van der Waals surface area contributed by atoms with Crippen LogP contribution in [0.3, 0.4) is 0 Å². The topological polar surface area (TPSA) is 78.5 Å². The maximum atomic E-state index is 13.8. The van der Waals surface area contributed by atoms with Crippen LogP contribution in [0, 0.1) is 12.7 Å². The molecule has 8 heteroatoms. The Morgan fingerprint density at radius 2 is 1.72 bits per heavy atom. The van der Waals surface area contributed by atoms with E-state index in [4.69, 9.17) is 0 Å². The van der Waals surface area contributed by atoms with E-state index >= 15 is 0 Å². The lowest BCUT2D eigenvalue weighted by molar-refractivity contribution is -0.115. The number of hydrogen-bond donors (Lipinski definition) is 2. The molecule has 0 radical (unpaired) electrons. The zero-order valence-electron chi connectivity index (χ0n) is 17.2. The molecule has 6 nitrogen and oxygen atoms in total. The first-order valence-electron chi connectivity index (χ1n) is 9.58. The summed E-state index contributed by atoms with van der Waals surface area (Å²) in [6.45, 7) is 8.06. The van der Waals surface area contributed by atoms with Crippen molar-refractivity contribution in [3.05, 3.63) is 59.4 Å². The van der Waals surface area contributed by atoms with E-state index in [1.165, 1.54) is 16.4 Å². The number of carbonyl (C=O) groups excluding carboxylic acids is 1. The molecule has 2 aromatic rings. The van der Waals surface area contributed by atoms with Gasteiger partial charge in [0.05, 0.1) is 17.1 Å². The molecule has 0 aliphatic rings. The summed E-state index contributed by atoms with van der Waals surface area (Å²) >= 11 is 0. The number of sulfonamides is 1. The molecule has 0 unspecified atom stereocenters. The molecule has 0 spiro atoms. The molecule has 0 aliphatic carbocycles. The van der Waals surface area contributed by atoms with Crippen molar-refractivity contribution in [1.82, 2.24) is 9.62 Å². The first-order valence-corrected chi connectivity index (χ1v) is 11.0. The van der Waals surface area contributed by atoms with Crippen molar-refractivity contribution >= 4 is 21.6 Å². The number of hydrogen-bond acceptors (Lipinski definition) is 4. The smallest absolute Gasteiger partial charge is 0.243 e. The van der Waals surface area contributed by atoms with E-state index in [2.05, 4.69) is 10.6 Å². The minimum atomic E-state index is -3.50. The van der Waals surface area contributed by atoms with Gasteiger partial charge < -0.3 is 10.6 Å². The van der Waals surface area contributed by atoms with Crippen molar-refractivity contribution in [2.24, 2.45) is 0 Å². The summed E-state index contributed by atoms with van der Waals surface area (Å²) in [5.74, 6) is -0.836. The number of anilines is 1. The zero-order chi connectivity index (χ0) is 21.6. The molecule has 29 heavy (non-hydrogen) atoms. The van der Waals surface area contributed by atoms with Crippen LogP contribution in [0.2, 0.25) is 0 Å². The second-order valence-corrected chi connectivity index (χ2v) is 8.73. The third-order valence-corrected chi connectivity index (χ3v) is 6.75. The molecule has 2 rings (SSSR count). The maximum Gasteiger partial charge on any atom is 0.243 e. The lowest BCUT2D eigenvalue weighted by Gasteiger charge is -2.19. The van der Waals surface area contributed by atoms with Gasteiger partial charge >= 0.3 is 0 Å². The van der Waals surface area contributed by atoms with Crippen LogP contribution in [0.1, 0.15) is 37.9 Å². The van der Waals surface area contributed by atoms with E-state index in [0.717, 1.165) is 11.1 Å². The number of nitrogens with zero attached hydrogens (tertiary/aromatic N) is 1. The lowest BCUT2D eigenvalue weighted by atomic mass is 10.1. The average molecular weight is 422 g/mol. The fourth-order valence-corrected chi connectivity index (χ4v) is 4.38. The van der Waals surface area contributed by atoms with Gasteiger partial charge in [-0.05, 0) is 49.2 Å². The second-order valence-electron chi connectivity index (χ2n) is 6.79. The van der Waals surface area contributed by atoms with E-state index in [1.54, 1.807) is 51.1 Å². The molecule has 1 atom stereocenters. The molecule has 1 amide bonds. The van der Waals surface area contributed by atoms with Crippen molar-refractivity contribution < 1.29 is 17.6 Å². The van der Waals surface area contributed by atoms with Gasteiger partial charge in [0.1, 0.15) is 5.82 Å². The number of rotatable bonds is 9. The predicted molar refractivity (Wildman–Crippen MR) is 113 cm³/mol. The molecular weight excluding hydrogens is 393 g/mol. The van der Waals surface area contributed by atoms with Gasteiger partial charge in [-0.1, -0.05) is 32.0 Å². The highest BCUT2D eigenvalue weighted by molar-refractivity contribution is 7.89. The zero-order valence-corrected chi connectivity index (χ0v) is 18.0. The number of aryl methyl sites for hydroxylation is 1. The van der Waals surface area contributed by atoms with Crippen LogP contribution in [0.25, 0.3) is 0 Å². The normalized spacial score (nSPS) is 12.8. The Kier molecular flexibility index (Phi) is 7.89. The van der Waals surface area contributed by atoms with Crippen LogP contribution < -0.4 is 10.6 Å². The Morgan fingerprint density at radius 1 is 1.10 bits per heavy atom. The summed E-state index contributed by atoms with van der Waals surface area (Å²) in [5.41, 5.74) is 1.76. The van der Waals surface area contributed by atoms with Crippen molar-refractivity contribution in [1.29, 1.82) is 0 Å². The summed E-state index contributed by atoms with van der Waals surface area (Å²) in [6.07, 6.45) is 0. The van der Waals surface area contributed by atoms with Crippen LogP contribution in [0.15, 0.2) is 47.4 Å². The average Bonchev–Trinajstić information content (AvgIpc) is 2.69. The van der Waals surface area contributed by atoms with E-state index in [9.17, 15) is 17.6 Å². The summed E-state index contributed by atoms with van der Waals surface area (Å²) in [6, 6.07) is 11.0. The summed E-state index contributed by atoms with van der Waals surface area (Å²) in [4.78, 5) is 12.3. The Hall–Kier alpha value is -2.29. The largest absolute Gasteiger partial charge is 0.322 e. The molecule has 2 N–H and O–H groups in total. The molecule has 158 valence electrons. The standard InChI is InChI=1S/C21H28FN3O3S/c1-5-25(6-2)29(27,28)18-10-8-17(9-11-18)16(4)23-14-21(26)24-20-12-7-15(3)13-19(20)22/h7-13,16,23H,5-6,14H2,1-4H3,(H,24,26)/t16-/m1/s1. The minimum absolute atomic E-state index is 0.00597. The van der Waals surface area contributed by atoms with Crippen LogP contribution in [0.5, 0.6) is 0 Å². The third-order valence-electron chi connectivity index (χ3n) is 4.69. The van der Waals surface area contributed by atoms with Crippen LogP contribution in [-0.2, 0) is 14.8 Å². The van der Waals surface area contributed by atoms with E-state index in [0.29, 0.717) is 13.1 Å². The van der Waals surface area contributed by atoms with Gasteiger partial charge in [-0.25, -0.2) is 12.8 Å². The lowest BCUT2D eigenvalue weighted by Crippen LogP contribution is -2.31. The monoisotopic (exact) mass is 421 g/mol. The highest BCUT2D eigenvalue weighted by atomic mass is 32.2. The molecule has 0 saturated heterocycles. The van der Waals surface area contributed by atoms with Gasteiger partial charge in [0.15, 0.2) is 0 Å². The molecule has 0 bridgehead atoms. The Labute approximate surface area is 172 Å². The number of halogens is 1. The van der Waals surface area contributed by atoms with Crippen molar-refractivity contribution in [2.75, 3.05) is 25.0 Å². The van der Waals surface area contributed by atoms with Crippen LogP contribution >= 0.6 is 0 Å². The molecule has 0 heterocycles. The Balaban J connectivity index is 1.97. The van der Waals surface area contributed by atoms with Gasteiger partial charge in [0, 0.05) is 19.1 Å². The van der Waals surface area contributed by atoms with E-state index in [-0.39, 0.29) is 29.1 Å². The first kappa shape index (κ1) is 23.0. The molecule has 0 saturated carbocycles. The summed E-state index contributed by atoms with van der Waals surface area (Å²) in [5, 5.41) is 5.60. The number of nitrogens with one attached hydrogen (secondary N) is 2. The predicted octanol–water partition coefficient (Wildman–Crippen LogP) is 3.45. The van der Waals surface area contributed by atoms with E-state index < -0.39 is 15.8 Å². The third kappa shape index (κ3) is 5.85. The van der Waals surface area contributed by atoms with Gasteiger partial charge in [0.2, 0.25) is 15.9 Å². The molecule has 0 aliphatic heterocycles. The van der Waals surface area contributed by atoms with Gasteiger partial charge in [-0.2, -0.15) is 4.31 Å². The number of amides is 1. The molecule has 2 aromatic carbocycles. The first-order chi connectivity index (χ1) is 13.7. The molecular formula is C21H28FN3O3S. The molecule has 0 aromatic heterocycles. The number of benzene rings is 2. The summed E-state index contributed by atoms with van der Waals surface area (Å²) in [7, 11) is -3.50. The Bertz CT molecular complexity index is 942. The fourth-order valence-electron chi connectivity index (χ4n) is 2.92. The Morgan fingerprint density at radius 3 is 2.28 bits per heavy atom. The van der Waals surface area contributed by atoms with Gasteiger partial charge in [-0.15, -0.1) is 0 Å². The number of carbonyl (C=O) groups is 1. The van der Waals surface area contributed by atoms with Crippen molar-refractivity contribution in [3.63, 3.8) is 0 Å². The maximum absolute atomic E-state index is 13.8. The fraction of sp³-hybridized carbons (Fsp3) is 0.381. The van der Waals surface area contributed by atoms with Crippen molar-refractivity contribution in [2.45, 2.75) is 38.6 Å². The van der Waals surface area contributed by atoms with Gasteiger partial charge in [0.25, 0.3) is 0 Å². The van der Waals surface area contributed by atoms with Crippen LogP contribution in [-0.4, -0.2) is 38.3 Å². The molecule has 0 fully saturated rings. The quantitative estimate of drug-likeness (QED) is 0.650. The minimum Gasteiger partial charge on any atom is -0.322 e. The van der Waals surface area contributed by atoms with E-state index in [1.807, 2.05) is 6.92 Å². The highest BCUT2D eigenvalue weighted by Crippen LogP contribution is 2.19. The second kappa shape index (κ2) is 9.96. The SMILES string of the molecule is CCN(CC)S(=O)(=O)c1ccc([C@@H](C)NCC(=O)Nc2ccc(C)cc2F)cc1. The van der Waals surface area contributed by atoms with Crippen molar-refractivity contribution in [3.8, 4) is 0 Å². The van der Waals surface area contributed by atoms with Crippen LogP contribution in [0.4, 0.5) is 10.1 Å².